The van der Waals surface area contributed by atoms with Crippen LogP contribution in [0.1, 0.15) is 42.3 Å². The summed E-state index contributed by atoms with van der Waals surface area (Å²) in [6.07, 6.45) is 11.4. The highest BCUT2D eigenvalue weighted by Gasteiger charge is 2.32. The van der Waals surface area contributed by atoms with Crippen molar-refractivity contribution in [1.29, 1.82) is 0 Å². The number of aryl methyl sites for hydroxylation is 2. The topological polar surface area (TPSA) is 66.8 Å². The molecule has 134 valence electrons. The van der Waals surface area contributed by atoms with Crippen molar-refractivity contribution < 1.29 is 0 Å². The molecule has 0 spiro atoms. The Kier molecular flexibility index (Phi) is 3.63. The van der Waals surface area contributed by atoms with Gasteiger partial charge in [0.2, 0.25) is 0 Å². The first-order chi connectivity index (χ1) is 13.2. The van der Waals surface area contributed by atoms with E-state index in [-0.39, 0.29) is 6.17 Å². The van der Waals surface area contributed by atoms with Crippen molar-refractivity contribution >= 4 is 17.0 Å². The van der Waals surface area contributed by atoms with E-state index in [0.717, 1.165) is 41.0 Å². The SMILES string of the molecule is CC1=C(CCc2nc(C)c3ccncc3n2)NC2c3cccnc3C=CN12. The van der Waals surface area contributed by atoms with E-state index in [1.807, 2.05) is 25.3 Å². The van der Waals surface area contributed by atoms with Crippen molar-refractivity contribution in [2.45, 2.75) is 32.9 Å². The van der Waals surface area contributed by atoms with Crippen LogP contribution in [0.2, 0.25) is 0 Å². The van der Waals surface area contributed by atoms with Gasteiger partial charge in [-0.25, -0.2) is 9.97 Å². The Labute approximate surface area is 157 Å². The second-order valence-electron chi connectivity index (χ2n) is 6.93. The number of hydrogen-bond donors (Lipinski definition) is 1. The molecule has 0 bridgehead atoms. The van der Waals surface area contributed by atoms with Gasteiger partial charge < -0.3 is 10.2 Å². The molecule has 1 atom stereocenters. The molecular weight excluding hydrogens is 336 g/mol. The van der Waals surface area contributed by atoms with Gasteiger partial charge in [-0.3, -0.25) is 9.97 Å². The lowest BCUT2D eigenvalue weighted by atomic mass is 10.1. The third-order valence-electron chi connectivity index (χ3n) is 5.31. The Hall–Kier alpha value is -3.28. The van der Waals surface area contributed by atoms with E-state index in [9.17, 15) is 0 Å². The minimum absolute atomic E-state index is 0.122. The van der Waals surface area contributed by atoms with Crippen LogP contribution in [0, 0.1) is 6.92 Å². The maximum absolute atomic E-state index is 4.69. The maximum atomic E-state index is 4.69. The summed E-state index contributed by atoms with van der Waals surface area (Å²) in [7, 11) is 0. The van der Waals surface area contributed by atoms with Crippen molar-refractivity contribution in [1.82, 2.24) is 30.2 Å². The molecule has 0 amide bonds. The Bertz CT molecular complexity index is 1100. The minimum atomic E-state index is 0.122. The number of pyridine rings is 2. The molecule has 0 radical (unpaired) electrons. The molecule has 1 N–H and O–H groups in total. The van der Waals surface area contributed by atoms with Crippen molar-refractivity contribution in [3.63, 3.8) is 0 Å². The number of aromatic nitrogens is 4. The van der Waals surface area contributed by atoms with Gasteiger partial charge in [-0.2, -0.15) is 0 Å². The van der Waals surface area contributed by atoms with E-state index in [1.165, 1.54) is 17.0 Å². The Morgan fingerprint density at radius 2 is 2.04 bits per heavy atom. The Morgan fingerprint density at radius 1 is 1.11 bits per heavy atom. The first-order valence-electron chi connectivity index (χ1n) is 9.16. The molecule has 0 saturated carbocycles. The summed E-state index contributed by atoms with van der Waals surface area (Å²) in [5, 5.41) is 4.73. The third kappa shape index (κ3) is 2.65. The molecule has 3 aromatic heterocycles. The van der Waals surface area contributed by atoms with Gasteiger partial charge in [0.25, 0.3) is 0 Å². The molecule has 5 heterocycles. The van der Waals surface area contributed by atoms with E-state index in [2.05, 4.69) is 55.4 Å². The number of allylic oxidation sites excluding steroid dienone is 2. The number of nitrogens with one attached hydrogen (secondary N) is 1. The zero-order valence-electron chi connectivity index (χ0n) is 15.3. The van der Waals surface area contributed by atoms with Crippen molar-refractivity contribution in [2.24, 2.45) is 0 Å². The summed E-state index contributed by atoms with van der Waals surface area (Å²) in [4.78, 5) is 20.3. The highest BCUT2D eigenvalue weighted by atomic mass is 15.3. The molecule has 1 unspecified atom stereocenters. The number of fused-ring (bicyclic) bond motifs is 4. The average Bonchev–Trinajstić information content (AvgIpc) is 3.03. The van der Waals surface area contributed by atoms with Crippen molar-refractivity contribution in [2.75, 3.05) is 0 Å². The molecule has 0 aromatic carbocycles. The second-order valence-corrected chi connectivity index (χ2v) is 6.93. The first kappa shape index (κ1) is 15.9. The van der Waals surface area contributed by atoms with Crippen molar-refractivity contribution in [3.05, 3.63) is 77.2 Å². The highest BCUT2D eigenvalue weighted by Crippen LogP contribution is 2.36. The summed E-state index contributed by atoms with van der Waals surface area (Å²) >= 11 is 0. The van der Waals surface area contributed by atoms with Crippen LogP contribution in [0.5, 0.6) is 0 Å². The minimum Gasteiger partial charge on any atom is -0.363 e. The van der Waals surface area contributed by atoms with E-state index in [1.54, 1.807) is 12.4 Å². The molecule has 6 heteroatoms. The van der Waals surface area contributed by atoms with Gasteiger partial charge in [-0.15, -0.1) is 0 Å². The van der Waals surface area contributed by atoms with Crippen molar-refractivity contribution in [3.8, 4) is 0 Å². The standard InChI is InChI=1S/C21H20N6/c1-13-15-7-10-22-12-19(15)25-20(24-13)6-5-17-14(2)27-11-8-18-16(21(27)26-17)4-3-9-23-18/h3-4,7-12,21,26H,5-6H2,1-2H3. The molecule has 2 aliphatic heterocycles. The van der Waals surface area contributed by atoms with Crippen LogP contribution < -0.4 is 5.32 Å². The summed E-state index contributed by atoms with van der Waals surface area (Å²) in [5.74, 6) is 0.859. The molecule has 27 heavy (non-hydrogen) atoms. The first-order valence-corrected chi connectivity index (χ1v) is 9.16. The fraction of sp³-hybridized carbons (Fsp3) is 0.238. The molecule has 5 rings (SSSR count). The van der Waals surface area contributed by atoms with Gasteiger partial charge in [-0.1, -0.05) is 6.07 Å². The molecular formula is C21H20N6. The smallest absolute Gasteiger partial charge is 0.131 e. The zero-order chi connectivity index (χ0) is 18.4. The van der Waals surface area contributed by atoms with Crippen LogP contribution in [-0.2, 0) is 6.42 Å². The lowest BCUT2D eigenvalue weighted by Crippen LogP contribution is -2.28. The van der Waals surface area contributed by atoms with E-state index < -0.39 is 0 Å². The summed E-state index contributed by atoms with van der Waals surface area (Å²) in [5.41, 5.74) is 6.62. The number of hydrogen-bond acceptors (Lipinski definition) is 6. The number of nitrogens with zero attached hydrogens (tertiary/aromatic N) is 5. The summed E-state index contributed by atoms with van der Waals surface area (Å²) < 4.78 is 0. The van der Waals surface area contributed by atoms with Gasteiger partial charge in [0.1, 0.15) is 12.0 Å². The fourth-order valence-corrected chi connectivity index (χ4v) is 3.87. The third-order valence-corrected chi connectivity index (χ3v) is 5.31. The normalized spacial score (nSPS) is 17.9. The summed E-state index contributed by atoms with van der Waals surface area (Å²) in [6.45, 7) is 4.19. The van der Waals surface area contributed by atoms with Crippen LogP contribution in [0.15, 0.2) is 54.4 Å². The predicted molar refractivity (Wildman–Crippen MR) is 104 cm³/mol. The quantitative estimate of drug-likeness (QED) is 0.775. The van der Waals surface area contributed by atoms with Crippen LogP contribution in [0.25, 0.3) is 17.0 Å². The van der Waals surface area contributed by atoms with Gasteiger partial charge in [-0.05, 0) is 38.5 Å². The molecule has 3 aromatic rings. The van der Waals surface area contributed by atoms with Crippen LogP contribution in [0.4, 0.5) is 0 Å². The van der Waals surface area contributed by atoms with E-state index in [4.69, 9.17) is 0 Å². The molecule has 0 saturated heterocycles. The molecule has 0 fully saturated rings. The predicted octanol–water partition coefficient (Wildman–Crippen LogP) is 3.48. The monoisotopic (exact) mass is 356 g/mol. The average molecular weight is 356 g/mol. The Balaban J connectivity index is 1.38. The fourth-order valence-electron chi connectivity index (χ4n) is 3.87. The molecule has 6 nitrogen and oxygen atoms in total. The van der Waals surface area contributed by atoms with Crippen LogP contribution in [-0.4, -0.2) is 24.8 Å². The van der Waals surface area contributed by atoms with Crippen LogP contribution in [0.3, 0.4) is 0 Å². The maximum Gasteiger partial charge on any atom is 0.131 e. The van der Waals surface area contributed by atoms with Gasteiger partial charge in [0.15, 0.2) is 0 Å². The highest BCUT2D eigenvalue weighted by molar-refractivity contribution is 5.79. The molecule has 2 aliphatic rings. The Morgan fingerprint density at radius 3 is 2.96 bits per heavy atom. The summed E-state index contributed by atoms with van der Waals surface area (Å²) in [6, 6.07) is 6.09. The number of rotatable bonds is 3. The van der Waals surface area contributed by atoms with Gasteiger partial charge in [0, 0.05) is 53.1 Å². The molecule has 0 aliphatic carbocycles. The van der Waals surface area contributed by atoms with E-state index >= 15 is 0 Å². The lowest BCUT2D eigenvalue weighted by Gasteiger charge is -2.29. The zero-order valence-corrected chi connectivity index (χ0v) is 15.3. The van der Waals surface area contributed by atoms with E-state index in [0.29, 0.717) is 0 Å². The largest absolute Gasteiger partial charge is 0.363 e. The van der Waals surface area contributed by atoms with Gasteiger partial charge >= 0.3 is 0 Å². The lowest BCUT2D eigenvalue weighted by molar-refractivity contribution is 0.348. The second kappa shape index (κ2) is 6.16. The van der Waals surface area contributed by atoms with Gasteiger partial charge in [0.05, 0.1) is 17.4 Å². The van der Waals surface area contributed by atoms with Crippen LogP contribution >= 0.6 is 0 Å².